The number of ether oxygens (including phenoxy) is 1. The average Bonchev–Trinajstić information content (AvgIpc) is 2.50. The Bertz CT molecular complexity index is 517. The third kappa shape index (κ3) is 4.40. The highest BCUT2D eigenvalue weighted by atomic mass is 19.1. The smallest absolute Gasteiger partial charge is 0.260 e. The number of piperidine rings is 1. The van der Waals surface area contributed by atoms with Gasteiger partial charge >= 0.3 is 0 Å². The Labute approximate surface area is 129 Å². The molecule has 1 fully saturated rings. The number of amides is 1. The minimum Gasteiger partial charge on any atom is -0.478 e. The maximum Gasteiger partial charge on any atom is 0.260 e. The number of rotatable bonds is 5. The van der Waals surface area contributed by atoms with Crippen LogP contribution in [0.1, 0.15) is 26.7 Å². The van der Waals surface area contributed by atoms with Gasteiger partial charge in [0.15, 0.2) is 17.7 Å². The van der Waals surface area contributed by atoms with Crippen molar-refractivity contribution in [1.82, 2.24) is 10.2 Å². The molecule has 0 aromatic heterocycles. The van der Waals surface area contributed by atoms with Gasteiger partial charge in [-0.25, -0.2) is 8.78 Å². The molecule has 122 valence electrons. The van der Waals surface area contributed by atoms with Crippen LogP contribution in [0.2, 0.25) is 0 Å². The van der Waals surface area contributed by atoms with Crippen molar-refractivity contribution in [3.05, 3.63) is 29.8 Å². The number of likely N-dealkylation sites (tertiary alicyclic amines) is 1. The molecule has 1 atom stereocenters. The number of nitrogens with one attached hydrogen (secondary N) is 1. The lowest BCUT2D eigenvalue weighted by molar-refractivity contribution is -0.128. The summed E-state index contributed by atoms with van der Waals surface area (Å²) in [5, 5.41) is 2.93. The van der Waals surface area contributed by atoms with Gasteiger partial charge in [-0.3, -0.25) is 4.79 Å². The summed E-state index contributed by atoms with van der Waals surface area (Å²) >= 11 is 0. The predicted octanol–water partition coefficient (Wildman–Crippen LogP) is 2.33. The summed E-state index contributed by atoms with van der Waals surface area (Å²) in [6.45, 7) is 6.61. The number of nitrogens with zero attached hydrogens (tertiary/aromatic N) is 1. The van der Waals surface area contributed by atoms with Gasteiger partial charge < -0.3 is 15.0 Å². The predicted molar refractivity (Wildman–Crippen MR) is 79.7 cm³/mol. The van der Waals surface area contributed by atoms with Crippen LogP contribution in [0.15, 0.2) is 18.2 Å². The molecule has 1 saturated heterocycles. The fourth-order valence-corrected chi connectivity index (χ4v) is 2.53. The number of hydrogen-bond acceptors (Lipinski definition) is 3. The molecule has 4 nitrogen and oxygen atoms in total. The molecule has 22 heavy (non-hydrogen) atoms. The second-order valence-corrected chi connectivity index (χ2v) is 5.55. The molecule has 1 heterocycles. The molecular weight excluding hydrogens is 290 g/mol. The standard InChI is InChI=1S/C16H22F2N2O2/c1-3-20-8-6-13(7-9-20)19-16(21)11(2)22-15-5-4-12(17)10-14(15)18/h4-5,10-11,13H,3,6-9H2,1-2H3,(H,19,21). The van der Waals surface area contributed by atoms with E-state index in [4.69, 9.17) is 4.74 Å². The van der Waals surface area contributed by atoms with Crippen LogP contribution in [0.3, 0.4) is 0 Å². The third-order valence-corrected chi connectivity index (χ3v) is 3.95. The van der Waals surface area contributed by atoms with Gasteiger partial charge in [0.05, 0.1) is 0 Å². The first-order chi connectivity index (χ1) is 10.5. The Balaban J connectivity index is 1.84. The molecule has 1 aliphatic heterocycles. The molecule has 0 spiro atoms. The average molecular weight is 312 g/mol. The van der Waals surface area contributed by atoms with E-state index in [9.17, 15) is 13.6 Å². The summed E-state index contributed by atoms with van der Waals surface area (Å²) in [6.07, 6.45) is 0.971. The number of carbonyl (C=O) groups excluding carboxylic acids is 1. The van der Waals surface area contributed by atoms with Gasteiger partial charge in [-0.05, 0) is 38.4 Å². The highest BCUT2D eigenvalue weighted by Gasteiger charge is 2.23. The van der Waals surface area contributed by atoms with Crippen molar-refractivity contribution in [2.75, 3.05) is 19.6 Å². The number of halogens is 2. The van der Waals surface area contributed by atoms with Gasteiger partial charge in [-0.2, -0.15) is 0 Å². The van der Waals surface area contributed by atoms with Gasteiger partial charge in [0.2, 0.25) is 0 Å². The number of benzene rings is 1. The molecule has 1 amide bonds. The molecule has 2 rings (SSSR count). The molecule has 0 bridgehead atoms. The summed E-state index contributed by atoms with van der Waals surface area (Å²) < 4.78 is 31.6. The van der Waals surface area contributed by atoms with Crippen molar-refractivity contribution in [3.63, 3.8) is 0 Å². The van der Waals surface area contributed by atoms with Crippen LogP contribution in [0.25, 0.3) is 0 Å². The third-order valence-electron chi connectivity index (χ3n) is 3.95. The summed E-state index contributed by atoms with van der Waals surface area (Å²) in [6, 6.07) is 3.15. The topological polar surface area (TPSA) is 41.6 Å². The molecule has 0 saturated carbocycles. The summed E-state index contributed by atoms with van der Waals surface area (Å²) in [5.41, 5.74) is 0. The van der Waals surface area contributed by atoms with Gasteiger partial charge in [0.1, 0.15) is 5.82 Å². The molecule has 1 aliphatic rings. The van der Waals surface area contributed by atoms with Crippen molar-refractivity contribution < 1.29 is 18.3 Å². The first-order valence-corrected chi connectivity index (χ1v) is 7.64. The molecule has 0 radical (unpaired) electrons. The molecule has 1 unspecified atom stereocenters. The zero-order chi connectivity index (χ0) is 16.1. The molecule has 1 aromatic rings. The van der Waals surface area contributed by atoms with E-state index in [1.165, 1.54) is 6.07 Å². The van der Waals surface area contributed by atoms with Crippen molar-refractivity contribution >= 4 is 5.91 Å². The second-order valence-electron chi connectivity index (χ2n) is 5.55. The van der Waals surface area contributed by atoms with Crippen LogP contribution < -0.4 is 10.1 Å². The van der Waals surface area contributed by atoms with Crippen LogP contribution in [-0.2, 0) is 4.79 Å². The molecule has 1 N–H and O–H groups in total. The maximum absolute atomic E-state index is 13.5. The van der Waals surface area contributed by atoms with Crippen LogP contribution in [-0.4, -0.2) is 42.6 Å². The summed E-state index contributed by atoms with van der Waals surface area (Å²) in [4.78, 5) is 14.4. The Morgan fingerprint density at radius 3 is 2.68 bits per heavy atom. The Morgan fingerprint density at radius 1 is 1.41 bits per heavy atom. The van der Waals surface area contributed by atoms with Crippen LogP contribution in [0, 0.1) is 11.6 Å². The van der Waals surface area contributed by atoms with Crippen LogP contribution in [0.4, 0.5) is 8.78 Å². The highest BCUT2D eigenvalue weighted by molar-refractivity contribution is 5.81. The second kappa shape index (κ2) is 7.54. The fourth-order valence-electron chi connectivity index (χ4n) is 2.53. The van der Waals surface area contributed by atoms with Crippen molar-refractivity contribution in [3.8, 4) is 5.75 Å². The van der Waals surface area contributed by atoms with E-state index in [1.54, 1.807) is 6.92 Å². The van der Waals surface area contributed by atoms with E-state index < -0.39 is 17.7 Å². The largest absolute Gasteiger partial charge is 0.478 e. The lowest BCUT2D eigenvalue weighted by Crippen LogP contribution is -2.48. The SMILES string of the molecule is CCN1CCC(NC(=O)C(C)Oc2ccc(F)cc2F)CC1. The first-order valence-electron chi connectivity index (χ1n) is 7.64. The first kappa shape index (κ1) is 16.7. The van der Waals surface area contributed by atoms with Crippen LogP contribution in [0.5, 0.6) is 5.75 Å². The summed E-state index contributed by atoms with van der Waals surface area (Å²) in [5.74, 6) is -1.89. The van der Waals surface area contributed by atoms with Crippen molar-refractivity contribution in [2.24, 2.45) is 0 Å². The summed E-state index contributed by atoms with van der Waals surface area (Å²) in [7, 11) is 0. The minimum atomic E-state index is -0.829. The molecular formula is C16H22F2N2O2. The lowest BCUT2D eigenvalue weighted by atomic mass is 10.0. The Hall–Kier alpha value is -1.69. The minimum absolute atomic E-state index is 0.121. The van der Waals surface area contributed by atoms with E-state index in [-0.39, 0.29) is 17.7 Å². The number of hydrogen-bond donors (Lipinski definition) is 1. The van der Waals surface area contributed by atoms with Crippen LogP contribution >= 0.6 is 0 Å². The van der Waals surface area contributed by atoms with Gasteiger partial charge in [-0.15, -0.1) is 0 Å². The fraction of sp³-hybridized carbons (Fsp3) is 0.562. The maximum atomic E-state index is 13.5. The Morgan fingerprint density at radius 2 is 2.09 bits per heavy atom. The number of carbonyl (C=O) groups is 1. The van der Waals surface area contributed by atoms with E-state index in [2.05, 4.69) is 17.1 Å². The normalized spacial score (nSPS) is 18.0. The van der Waals surface area contributed by atoms with E-state index in [0.29, 0.717) is 0 Å². The van der Waals surface area contributed by atoms with Gasteiger partial charge in [0.25, 0.3) is 5.91 Å². The van der Waals surface area contributed by atoms with Crippen molar-refractivity contribution in [2.45, 2.75) is 38.8 Å². The van der Waals surface area contributed by atoms with Gasteiger partial charge in [-0.1, -0.05) is 6.92 Å². The quantitative estimate of drug-likeness (QED) is 0.907. The molecule has 6 heteroatoms. The van der Waals surface area contributed by atoms with Crippen molar-refractivity contribution in [1.29, 1.82) is 0 Å². The van der Waals surface area contributed by atoms with E-state index in [1.807, 2.05) is 0 Å². The monoisotopic (exact) mass is 312 g/mol. The molecule has 0 aliphatic carbocycles. The van der Waals surface area contributed by atoms with Gasteiger partial charge in [0, 0.05) is 25.2 Å². The molecule has 1 aromatic carbocycles. The highest BCUT2D eigenvalue weighted by Crippen LogP contribution is 2.19. The lowest BCUT2D eigenvalue weighted by Gasteiger charge is -2.32. The van der Waals surface area contributed by atoms with E-state index >= 15 is 0 Å². The van der Waals surface area contributed by atoms with E-state index in [0.717, 1.165) is 44.6 Å². The zero-order valence-electron chi connectivity index (χ0n) is 12.9. The zero-order valence-corrected chi connectivity index (χ0v) is 12.9. The Kier molecular flexibility index (Phi) is 5.71.